The smallest absolute Gasteiger partial charge is 0.271 e. The molecule has 0 saturated heterocycles. The van der Waals surface area contributed by atoms with Gasteiger partial charge in [0.25, 0.3) is 5.91 Å². The van der Waals surface area contributed by atoms with Crippen LogP contribution in [0.4, 0.5) is 0 Å². The van der Waals surface area contributed by atoms with Gasteiger partial charge < -0.3 is 4.74 Å². The molecule has 0 heterocycles. The second-order valence-electron chi connectivity index (χ2n) is 6.44. The second-order valence-corrected chi connectivity index (χ2v) is 7.36. The minimum Gasteiger partial charge on any atom is -0.489 e. The monoisotopic (exact) mass is 436 g/mol. The first kappa shape index (κ1) is 19.8. The molecule has 142 valence electrons. The van der Waals surface area contributed by atoms with Gasteiger partial charge in [0.05, 0.1) is 5.71 Å². The lowest BCUT2D eigenvalue weighted by Crippen LogP contribution is -2.19. The van der Waals surface area contributed by atoms with Crippen LogP contribution in [0.1, 0.15) is 34.0 Å². The first-order valence-electron chi connectivity index (χ1n) is 8.90. The molecule has 0 fully saturated rings. The van der Waals surface area contributed by atoms with Crippen molar-refractivity contribution in [3.63, 3.8) is 0 Å². The van der Waals surface area contributed by atoms with Crippen LogP contribution in [0.5, 0.6) is 5.75 Å². The summed E-state index contributed by atoms with van der Waals surface area (Å²) in [5, 5.41) is 4.19. The van der Waals surface area contributed by atoms with E-state index in [0.29, 0.717) is 17.9 Å². The molecule has 28 heavy (non-hydrogen) atoms. The molecule has 0 spiro atoms. The summed E-state index contributed by atoms with van der Waals surface area (Å²) in [6.07, 6.45) is 0. The lowest BCUT2D eigenvalue weighted by Gasteiger charge is -2.07. The average molecular weight is 437 g/mol. The summed E-state index contributed by atoms with van der Waals surface area (Å²) in [4.78, 5) is 12.3. The van der Waals surface area contributed by atoms with Crippen molar-refractivity contribution < 1.29 is 9.53 Å². The first-order valence-corrected chi connectivity index (χ1v) is 9.69. The third kappa shape index (κ3) is 5.54. The Morgan fingerprint density at radius 1 is 0.929 bits per heavy atom. The molecule has 0 aromatic heterocycles. The summed E-state index contributed by atoms with van der Waals surface area (Å²) >= 11 is 3.41. The number of nitrogens with zero attached hydrogens (tertiary/aromatic N) is 1. The van der Waals surface area contributed by atoms with Crippen LogP contribution < -0.4 is 10.2 Å². The van der Waals surface area contributed by atoms with Crippen molar-refractivity contribution in [2.45, 2.75) is 20.5 Å². The molecule has 0 radical (unpaired) electrons. The van der Waals surface area contributed by atoms with Crippen molar-refractivity contribution in [2.24, 2.45) is 5.10 Å². The number of carbonyl (C=O) groups excluding carboxylic acids is 1. The van der Waals surface area contributed by atoms with E-state index in [2.05, 4.69) is 26.5 Å². The van der Waals surface area contributed by atoms with Gasteiger partial charge >= 0.3 is 0 Å². The van der Waals surface area contributed by atoms with Crippen molar-refractivity contribution >= 4 is 27.5 Å². The zero-order chi connectivity index (χ0) is 19.9. The lowest BCUT2D eigenvalue weighted by molar-refractivity contribution is 0.0955. The largest absolute Gasteiger partial charge is 0.489 e. The Morgan fingerprint density at radius 3 is 2.18 bits per heavy atom. The topological polar surface area (TPSA) is 50.7 Å². The summed E-state index contributed by atoms with van der Waals surface area (Å²) in [7, 11) is 0. The molecule has 1 N–H and O–H groups in total. The zero-order valence-corrected chi connectivity index (χ0v) is 17.4. The standard InChI is InChI=1S/C23H21BrN2O2/c1-16-3-7-19(8-4-16)17(2)25-26-23(27)20-9-13-22(14-10-20)28-15-18-5-11-21(24)12-6-18/h3-14H,15H2,1-2H3,(H,26,27)/b25-17-. The molecule has 0 aliphatic rings. The van der Waals surface area contributed by atoms with Crippen LogP contribution in [0, 0.1) is 6.92 Å². The molecule has 0 atom stereocenters. The number of carbonyl (C=O) groups is 1. The number of hydrogen-bond donors (Lipinski definition) is 1. The highest BCUT2D eigenvalue weighted by Crippen LogP contribution is 2.16. The van der Waals surface area contributed by atoms with Crippen molar-refractivity contribution in [2.75, 3.05) is 0 Å². The fraction of sp³-hybridized carbons (Fsp3) is 0.130. The maximum absolute atomic E-state index is 12.3. The maximum Gasteiger partial charge on any atom is 0.271 e. The third-order valence-corrected chi connectivity index (χ3v) is 4.76. The summed E-state index contributed by atoms with van der Waals surface area (Å²) in [6, 6.07) is 23.0. The Morgan fingerprint density at radius 2 is 1.54 bits per heavy atom. The number of benzene rings is 3. The normalized spacial score (nSPS) is 11.2. The minimum absolute atomic E-state index is 0.258. The molecule has 3 rings (SSSR count). The number of amides is 1. The van der Waals surface area contributed by atoms with Gasteiger partial charge in [0, 0.05) is 10.0 Å². The van der Waals surface area contributed by atoms with E-state index in [1.807, 2.05) is 62.4 Å². The van der Waals surface area contributed by atoms with E-state index < -0.39 is 0 Å². The number of ether oxygens (including phenoxy) is 1. The Labute approximate surface area is 173 Å². The minimum atomic E-state index is -0.258. The van der Waals surface area contributed by atoms with Gasteiger partial charge in [0.15, 0.2) is 0 Å². The highest BCUT2D eigenvalue weighted by Gasteiger charge is 2.06. The van der Waals surface area contributed by atoms with Gasteiger partial charge in [-0.15, -0.1) is 0 Å². The van der Waals surface area contributed by atoms with Gasteiger partial charge in [-0.2, -0.15) is 5.10 Å². The second kappa shape index (κ2) is 9.33. The molecule has 0 aliphatic carbocycles. The number of halogens is 1. The van der Waals surface area contributed by atoms with E-state index in [0.717, 1.165) is 21.3 Å². The third-order valence-electron chi connectivity index (χ3n) is 4.23. The van der Waals surface area contributed by atoms with Crippen molar-refractivity contribution in [1.82, 2.24) is 5.43 Å². The average Bonchev–Trinajstić information content (AvgIpc) is 2.72. The number of aryl methyl sites for hydroxylation is 1. The van der Waals surface area contributed by atoms with Crippen molar-refractivity contribution in [3.8, 4) is 5.75 Å². The van der Waals surface area contributed by atoms with Gasteiger partial charge in [-0.25, -0.2) is 5.43 Å². The fourth-order valence-corrected chi connectivity index (χ4v) is 2.77. The summed E-state index contributed by atoms with van der Waals surface area (Å²) in [6.45, 7) is 4.37. The van der Waals surface area contributed by atoms with Gasteiger partial charge in [-0.1, -0.05) is 57.9 Å². The van der Waals surface area contributed by atoms with Crippen LogP contribution in [-0.2, 0) is 6.61 Å². The van der Waals surface area contributed by atoms with Crippen LogP contribution in [0.3, 0.4) is 0 Å². The molecule has 0 saturated carbocycles. The van der Waals surface area contributed by atoms with E-state index in [4.69, 9.17) is 4.74 Å². The number of rotatable bonds is 6. The molecule has 5 heteroatoms. The van der Waals surface area contributed by atoms with Gasteiger partial charge in [-0.05, 0) is 61.4 Å². The van der Waals surface area contributed by atoms with Crippen LogP contribution >= 0.6 is 15.9 Å². The van der Waals surface area contributed by atoms with Crippen LogP contribution in [-0.4, -0.2) is 11.6 Å². The predicted molar refractivity (Wildman–Crippen MR) is 116 cm³/mol. The molecular weight excluding hydrogens is 416 g/mol. The molecule has 3 aromatic carbocycles. The summed E-state index contributed by atoms with van der Waals surface area (Å²) in [5.74, 6) is 0.449. The van der Waals surface area contributed by atoms with Gasteiger partial charge in [0.2, 0.25) is 0 Å². The van der Waals surface area contributed by atoms with E-state index >= 15 is 0 Å². The van der Waals surface area contributed by atoms with Crippen LogP contribution in [0.2, 0.25) is 0 Å². The fourth-order valence-electron chi connectivity index (χ4n) is 2.51. The van der Waals surface area contributed by atoms with Crippen molar-refractivity contribution in [1.29, 1.82) is 0 Å². The maximum atomic E-state index is 12.3. The van der Waals surface area contributed by atoms with Crippen molar-refractivity contribution in [3.05, 3.63) is 99.5 Å². The Bertz CT molecular complexity index is 963. The summed E-state index contributed by atoms with van der Waals surface area (Å²) < 4.78 is 6.79. The number of hydrazone groups is 1. The van der Waals surface area contributed by atoms with E-state index in [9.17, 15) is 4.79 Å². The molecule has 0 unspecified atom stereocenters. The number of nitrogens with one attached hydrogen (secondary N) is 1. The molecular formula is C23H21BrN2O2. The molecule has 1 amide bonds. The van der Waals surface area contributed by atoms with Crippen LogP contribution in [0.15, 0.2) is 82.4 Å². The first-order chi connectivity index (χ1) is 13.5. The van der Waals surface area contributed by atoms with Gasteiger partial charge in [-0.3, -0.25) is 4.79 Å². The molecule has 0 aliphatic heterocycles. The quantitative estimate of drug-likeness (QED) is 0.410. The Hall–Kier alpha value is -2.92. The Kier molecular flexibility index (Phi) is 6.61. The Balaban J connectivity index is 1.56. The SMILES string of the molecule is C/C(=N/NC(=O)c1ccc(OCc2ccc(Br)cc2)cc1)c1ccc(C)cc1. The molecule has 3 aromatic rings. The highest BCUT2D eigenvalue weighted by molar-refractivity contribution is 9.10. The van der Waals surface area contributed by atoms with E-state index in [1.54, 1.807) is 24.3 Å². The number of hydrogen-bond acceptors (Lipinski definition) is 3. The molecule has 4 nitrogen and oxygen atoms in total. The molecule has 0 bridgehead atoms. The van der Waals surface area contributed by atoms with Gasteiger partial charge in [0.1, 0.15) is 12.4 Å². The lowest BCUT2D eigenvalue weighted by atomic mass is 10.1. The van der Waals surface area contributed by atoms with E-state index in [-0.39, 0.29) is 5.91 Å². The summed E-state index contributed by atoms with van der Waals surface area (Å²) in [5.41, 5.74) is 7.11. The van der Waals surface area contributed by atoms with Crippen LogP contribution in [0.25, 0.3) is 0 Å². The predicted octanol–water partition coefficient (Wildman–Crippen LogP) is 5.49. The zero-order valence-electron chi connectivity index (χ0n) is 15.8. The van der Waals surface area contributed by atoms with E-state index in [1.165, 1.54) is 5.56 Å². The highest BCUT2D eigenvalue weighted by atomic mass is 79.9.